The minimum atomic E-state index is 0.259. The third-order valence-corrected chi connectivity index (χ3v) is 4.31. The Kier molecular flexibility index (Phi) is 6.55. The van der Waals surface area contributed by atoms with Crippen molar-refractivity contribution in [3.63, 3.8) is 0 Å². The molecule has 2 nitrogen and oxygen atoms in total. The van der Waals surface area contributed by atoms with Crippen molar-refractivity contribution in [3.05, 3.63) is 64.1 Å². The lowest BCUT2D eigenvalue weighted by molar-refractivity contribution is 0.412. The van der Waals surface area contributed by atoms with Crippen LogP contribution in [0.1, 0.15) is 11.1 Å². The summed E-state index contributed by atoms with van der Waals surface area (Å²) >= 11 is 9.58. The van der Waals surface area contributed by atoms with Crippen LogP contribution < -0.4 is 10.1 Å². The fraction of sp³-hybridized carbons (Fsp3) is 0.294. The first kappa shape index (κ1) is 16.3. The van der Waals surface area contributed by atoms with Gasteiger partial charge in [0.1, 0.15) is 5.75 Å². The van der Waals surface area contributed by atoms with Gasteiger partial charge in [0.05, 0.1) is 11.6 Å². The number of hydrogen-bond acceptors (Lipinski definition) is 2. The van der Waals surface area contributed by atoms with Crippen molar-refractivity contribution >= 4 is 27.5 Å². The van der Waals surface area contributed by atoms with Crippen molar-refractivity contribution in [1.29, 1.82) is 0 Å². The van der Waals surface area contributed by atoms with Gasteiger partial charge >= 0.3 is 0 Å². The van der Waals surface area contributed by atoms with Crippen molar-refractivity contribution < 1.29 is 4.74 Å². The second kappa shape index (κ2) is 8.42. The van der Waals surface area contributed by atoms with Crippen LogP contribution in [0, 0.1) is 0 Å². The maximum Gasteiger partial charge on any atom is 0.133 e. The van der Waals surface area contributed by atoms with Gasteiger partial charge in [-0.3, -0.25) is 0 Å². The highest BCUT2D eigenvalue weighted by Crippen LogP contribution is 2.25. The Labute approximate surface area is 139 Å². The molecule has 0 spiro atoms. The first-order valence-electron chi connectivity index (χ1n) is 6.88. The summed E-state index contributed by atoms with van der Waals surface area (Å²) in [6.45, 7) is 0.785. The van der Waals surface area contributed by atoms with Gasteiger partial charge in [0.2, 0.25) is 0 Å². The van der Waals surface area contributed by atoms with Gasteiger partial charge in [-0.1, -0.05) is 36.4 Å². The van der Waals surface area contributed by atoms with Gasteiger partial charge in [-0.25, -0.2) is 0 Å². The highest BCUT2D eigenvalue weighted by atomic mass is 79.9. The third kappa shape index (κ3) is 5.03. The van der Waals surface area contributed by atoms with Crippen molar-refractivity contribution in [2.24, 2.45) is 0 Å². The molecule has 21 heavy (non-hydrogen) atoms. The molecule has 112 valence electrons. The quantitative estimate of drug-likeness (QED) is 0.732. The number of methoxy groups -OCH3 is 1. The van der Waals surface area contributed by atoms with Gasteiger partial charge < -0.3 is 10.1 Å². The van der Waals surface area contributed by atoms with E-state index in [0.29, 0.717) is 5.88 Å². The van der Waals surface area contributed by atoms with Crippen LogP contribution >= 0.6 is 27.5 Å². The highest BCUT2D eigenvalue weighted by molar-refractivity contribution is 9.10. The molecule has 2 aromatic carbocycles. The SMILES string of the molecule is COc1ccc(CNC(CCl)Cc2ccccc2)cc1Br. The molecule has 0 fully saturated rings. The Hall–Kier alpha value is -1.03. The molecule has 0 radical (unpaired) electrons. The van der Waals surface area contributed by atoms with Crippen LogP contribution in [0.25, 0.3) is 0 Å². The molecule has 1 unspecified atom stereocenters. The van der Waals surface area contributed by atoms with E-state index in [1.807, 2.05) is 12.1 Å². The fourth-order valence-corrected chi connectivity index (χ4v) is 2.97. The number of ether oxygens (including phenoxy) is 1. The Balaban J connectivity index is 1.92. The number of benzene rings is 2. The first-order valence-corrected chi connectivity index (χ1v) is 8.21. The molecule has 0 aliphatic rings. The van der Waals surface area contributed by atoms with E-state index in [2.05, 4.69) is 57.6 Å². The molecule has 0 bridgehead atoms. The van der Waals surface area contributed by atoms with E-state index in [1.54, 1.807) is 7.11 Å². The van der Waals surface area contributed by atoms with Crippen LogP contribution in [0.5, 0.6) is 5.75 Å². The van der Waals surface area contributed by atoms with E-state index < -0.39 is 0 Å². The predicted octanol–water partition coefficient (Wildman–Crippen LogP) is 4.40. The van der Waals surface area contributed by atoms with Crippen molar-refractivity contribution in [2.45, 2.75) is 19.0 Å². The Morgan fingerprint density at radius 2 is 1.90 bits per heavy atom. The molecule has 0 aliphatic carbocycles. The van der Waals surface area contributed by atoms with Crippen LogP contribution in [0.15, 0.2) is 53.0 Å². The molecule has 2 aromatic rings. The molecule has 0 aromatic heterocycles. The summed E-state index contributed by atoms with van der Waals surface area (Å²) in [5.41, 5.74) is 2.50. The molecule has 0 aliphatic heterocycles. The van der Waals surface area contributed by atoms with Crippen molar-refractivity contribution in [1.82, 2.24) is 5.32 Å². The normalized spacial score (nSPS) is 12.1. The van der Waals surface area contributed by atoms with Gasteiger partial charge in [-0.15, -0.1) is 11.6 Å². The van der Waals surface area contributed by atoms with E-state index in [-0.39, 0.29) is 6.04 Å². The van der Waals surface area contributed by atoms with Crippen molar-refractivity contribution in [3.8, 4) is 5.75 Å². The fourth-order valence-electron chi connectivity index (χ4n) is 2.16. The molecule has 0 saturated carbocycles. The molecule has 4 heteroatoms. The highest BCUT2D eigenvalue weighted by Gasteiger charge is 2.08. The van der Waals surface area contributed by atoms with Crippen LogP contribution in [0.2, 0.25) is 0 Å². The Morgan fingerprint density at radius 3 is 2.52 bits per heavy atom. The lowest BCUT2D eigenvalue weighted by Crippen LogP contribution is -2.32. The minimum Gasteiger partial charge on any atom is -0.496 e. The number of rotatable bonds is 7. The molecule has 2 rings (SSSR count). The predicted molar refractivity (Wildman–Crippen MR) is 92.2 cm³/mol. The largest absolute Gasteiger partial charge is 0.496 e. The maximum absolute atomic E-state index is 6.07. The smallest absolute Gasteiger partial charge is 0.133 e. The zero-order valence-electron chi connectivity index (χ0n) is 12.0. The molecular formula is C17H19BrClNO. The summed E-state index contributed by atoms with van der Waals surface area (Å²) in [4.78, 5) is 0. The molecular weight excluding hydrogens is 350 g/mol. The zero-order chi connectivity index (χ0) is 15.1. The number of alkyl halides is 1. The Bertz CT molecular complexity index is 562. The zero-order valence-corrected chi connectivity index (χ0v) is 14.3. The molecule has 0 saturated heterocycles. The topological polar surface area (TPSA) is 21.3 Å². The lowest BCUT2D eigenvalue weighted by Gasteiger charge is -2.16. The number of nitrogens with one attached hydrogen (secondary N) is 1. The van der Waals surface area contributed by atoms with Crippen LogP contribution in [-0.4, -0.2) is 19.0 Å². The van der Waals surface area contributed by atoms with Gasteiger partial charge in [-0.05, 0) is 45.6 Å². The van der Waals surface area contributed by atoms with E-state index >= 15 is 0 Å². The van der Waals surface area contributed by atoms with E-state index in [0.717, 1.165) is 23.2 Å². The van der Waals surface area contributed by atoms with Gasteiger partial charge in [-0.2, -0.15) is 0 Å². The van der Waals surface area contributed by atoms with Crippen molar-refractivity contribution in [2.75, 3.05) is 13.0 Å². The van der Waals surface area contributed by atoms with Gasteiger partial charge in [0.15, 0.2) is 0 Å². The molecule has 1 N–H and O–H groups in total. The number of halogens is 2. The van der Waals surface area contributed by atoms with E-state index in [4.69, 9.17) is 16.3 Å². The van der Waals surface area contributed by atoms with E-state index in [1.165, 1.54) is 11.1 Å². The standard InChI is InChI=1S/C17H19BrClNO/c1-21-17-8-7-14(10-16(17)18)12-20-15(11-19)9-13-5-3-2-4-6-13/h2-8,10,15,20H,9,11-12H2,1H3. The summed E-state index contributed by atoms with van der Waals surface area (Å²) in [5.74, 6) is 1.43. The van der Waals surface area contributed by atoms with Gasteiger partial charge in [0, 0.05) is 18.5 Å². The average Bonchev–Trinajstić information content (AvgIpc) is 2.52. The molecule has 0 heterocycles. The number of hydrogen-bond donors (Lipinski definition) is 1. The summed E-state index contributed by atoms with van der Waals surface area (Å²) in [6, 6.07) is 16.8. The lowest BCUT2D eigenvalue weighted by atomic mass is 10.1. The second-order valence-corrected chi connectivity index (χ2v) is 6.05. The summed E-state index contributed by atoms with van der Waals surface area (Å²) in [7, 11) is 1.67. The summed E-state index contributed by atoms with van der Waals surface area (Å²) in [5, 5.41) is 3.51. The van der Waals surface area contributed by atoms with Crippen LogP contribution in [-0.2, 0) is 13.0 Å². The van der Waals surface area contributed by atoms with E-state index in [9.17, 15) is 0 Å². The summed E-state index contributed by atoms with van der Waals surface area (Å²) < 4.78 is 6.20. The summed E-state index contributed by atoms with van der Waals surface area (Å²) in [6.07, 6.45) is 0.932. The average molecular weight is 369 g/mol. The monoisotopic (exact) mass is 367 g/mol. The first-order chi connectivity index (χ1) is 10.2. The van der Waals surface area contributed by atoms with Crippen LogP contribution in [0.3, 0.4) is 0 Å². The van der Waals surface area contributed by atoms with Crippen LogP contribution in [0.4, 0.5) is 0 Å². The molecule has 1 atom stereocenters. The second-order valence-electron chi connectivity index (χ2n) is 4.89. The Morgan fingerprint density at radius 1 is 1.14 bits per heavy atom. The van der Waals surface area contributed by atoms with Gasteiger partial charge in [0.25, 0.3) is 0 Å². The third-order valence-electron chi connectivity index (χ3n) is 3.32. The molecule has 0 amide bonds. The maximum atomic E-state index is 6.07. The minimum absolute atomic E-state index is 0.259.